The standard InChI is InChI=1S/C12H7I2NO2/c13-7-5-9-8(10(14)6-7)3-4-15-11(9)1-2-12(16)17/h1-6H,(H,16,17). The van der Waals surface area contributed by atoms with Crippen LogP contribution in [0.5, 0.6) is 0 Å². The molecule has 0 radical (unpaired) electrons. The van der Waals surface area contributed by atoms with Gasteiger partial charge in [0.15, 0.2) is 0 Å². The maximum Gasteiger partial charge on any atom is 0.328 e. The number of hydrogen-bond acceptors (Lipinski definition) is 2. The van der Waals surface area contributed by atoms with Gasteiger partial charge in [0.05, 0.1) is 5.69 Å². The lowest BCUT2D eigenvalue weighted by Gasteiger charge is -2.04. The third-order valence-corrected chi connectivity index (χ3v) is 3.72. The first-order valence-electron chi connectivity index (χ1n) is 4.72. The molecule has 0 fully saturated rings. The van der Waals surface area contributed by atoms with Crippen LogP contribution >= 0.6 is 45.2 Å². The van der Waals surface area contributed by atoms with E-state index in [2.05, 4.69) is 56.2 Å². The second-order valence-electron chi connectivity index (χ2n) is 3.35. The molecule has 0 aliphatic heterocycles. The van der Waals surface area contributed by atoms with Gasteiger partial charge in [-0.25, -0.2) is 4.79 Å². The fraction of sp³-hybridized carbons (Fsp3) is 0. The molecule has 2 aromatic rings. The number of fused-ring (bicyclic) bond motifs is 1. The molecule has 0 saturated heterocycles. The maximum absolute atomic E-state index is 10.5. The summed E-state index contributed by atoms with van der Waals surface area (Å²) < 4.78 is 2.24. The van der Waals surface area contributed by atoms with Crippen LogP contribution in [-0.4, -0.2) is 16.1 Å². The number of aliphatic carboxylic acids is 1. The van der Waals surface area contributed by atoms with E-state index in [-0.39, 0.29) is 0 Å². The van der Waals surface area contributed by atoms with E-state index >= 15 is 0 Å². The molecule has 2 rings (SSSR count). The van der Waals surface area contributed by atoms with Crippen LogP contribution in [0.1, 0.15) is 5.69 Å². The number of carboxylic acid groups (broad SMARTS) is 1. The molecule has 17 heavy (non-hydrogen) atoms. The summed E-state index contributed by atoms with van der Waals surface area (Å²) in [6.07, 6.45) is 4.32. The van der Waals surface area contributed by atoms with Gasteiger partial charge in [-0.15, -0.1) is 0 Å². The smallest absolute Gasteiger partial charge is 0.328 e. The largest absolute Gasteiger partial charge is 0.478 e. The first-order chi connectivity index (χ1) is 8.08. The van der Waals surface area contributed by atoms with Crippen molar-refractivity contribution in [3.63, 3.8) is 0 Å². The Balaban J connectivity index is 2.68. The van der Waals surface area contributed by atoms with E-state index < -0.39 is 5.97 Å². The van der Waals surface area contributed by atoms with Gasteiger partial charge in [-0.05, 0) is 74.8 Å². The lowest BCUT2D eigenvalue weighted by molar-refractivity contribution is -0.131. The summed E-state index contributed by atoms with van der Waals surface area (Å²) in [6, 6.07) is 6.02. The molecule has 0 aliphatic rings. The molecule has 0 aliphatic carbocycles. The van der Waals surface area contributed by atoms with Crippen molar-refractivity contribution in [2.24, 2.45) is 0 Å². The minimum Gasteiger partial charge on any atom is -0.478 e. The predicted molar refractivity (Wildman–Crippen MR) is 83.8 cm³/mol. The van der Waals surface area contributed by atoms with Gasteiger partial charge in [0.2, 0.25) is 0 Å². The summed E-state index contributed by atoms with van der Waals surface area (Å²) in [7, 11) is 0. The maximum atomic E-state index is 10.5. The number of benzene rings is 1. The van der Waals surface area contributed by atoms with Crippen LogP contribution in [0.2, 0.25) is 0 Å². The zero-order chi connectivity index (χ0) is 12.4. The van der Waals surface area contributed by atoms with Gasteiger partial charge in [-0.1, -0.05) is 0 Å². The highest BCUT2D eigenvalue weighted by Crippen LogP contribution is 2.25. The van der Waals surface area contributed by atoms with E-state index in [0.29, 0.717) is 5.69 Å². The summed E-state index contributed by atoms with van der Waals surface area (Å²) in [5.41, 5.74) is 0.682. The molecule has 0 spiro atoms. The van der Waals surface area contributed by atoms with Crippen LogP contribution in [0, 0.1) is 7.14 Å². The van der Waals surface area contributed by atoms with Crippen LogP contribution in [0.3, 0.4) is 0 Å². The van der Waals surface area contributed by atoms with E-state index in [1.54, 1.807) is 6.20 Å². The highest BCUT2D eigenvalue weighted by Gasteiger charge is 2.04. The fourth-order valence-electron chi connectivity index (χ4n) is 1.51. The molecule has 1 heterocycles. The normalized spacial score (nSPS) is 11.2. The molecular formula is C12H7I2NO2. The van der Waals surface area contributed by atoms with Gasteiger partial charge in [0, 0.05) is 24.8 Å². The monoisotopic (exact) mass is 451 g/mol. The Kier molecular flexibility index (Phi) is 3.97. The third-order valence-electron chi connectivity index (χ3n) is 2.21. The number of pyridine rings is 1. The topological polar surface area (TPSA) is 50.2 Å². The van der Waals surface area contributed by atoms with Gasteiger partial charge in [0.25, 0.3) is 0 Å². The quantitative estimate of drug-likeness (QED) is 0.562. The lowest BCUT2D eigenvalue weighted by Crippen LogP contribution is -1.90. The van der Waals surface area contributed by atoms with Crippen LogP contribution in [0.4, 0.5) is 0 Å². The Bertz CT molecular complexity index is 623. The molecule has 1 aromatic carbocycles. The number of hydrogen-bond donors (Lipinski definition) is 1. The van der Waals surface area contributed by atoms with Gasteiger partial charge in [-0.2, -0.15) is 0 Å². The molecule has 1 aromatic heterocycles. The van der Waals surface area contributed by atoms with E-state index in [9.17, 15) is 4.79 Å². The number of rotatable bonds is 2. The minimum atomic E-state index is -0.968. The molecule has 0 atom stereocenters. The van der Waals surface area contributed by atoms with Crippen molar-refractivity contribution in [2.75, 3.05) is 0 Å². The molecule has 0 amide bonds. The zero-order valence-electron chi connectivity index (χ0n) is 8.52. The van der Waals surface area contributed by atoms with Crippen LogP contribution < -0.4 is 0 Å². The molecular weight excluding hydrogens is 444 g/mol. The fourth-order valence-corrected chi connectivity index (χ4v) is 3.54. The summed E-state index contributed by atoms with van der Waals surface area (Å²) >= 11 is 4.51. The molecule has 0 saturated carbocycles. The average molecular weight is 451 g/mol. The SMILES string of the molecule is O=C(O)C=Cc1nccc2c(I)cc(I)cc12. The highest BCUT2D eigenvalue weighted by molar-refractivity contribution is 14.1. The molecule has 3 nitrogen and oxygen atoms in total. The second kappa shape index (κ2) is 5.30. The minimum absolute atomic E-state index is 0.682. The van der Waals surface area contributed by atoms with E-state index in [0.717, 1.165) is 24.0 Å². The van der Waals surface area contributed by atoms with Crippen molar-refractivity contribution in [2.45, 2.75) is 0 Å². The van der Waals surface area contributed by atoms with Crippen molar-refractivity contribution in [1.29, 1.82) is 0 Å². The summed E-state index contributed by atoms with van der Waals surface area (Å²) in [4.78, 5) is 14.7. The number of halogens is 2. The number of carboxylic acids is 1. The third kappa shape index (κ3) is 2.95. The van der Waals surface area contributed by atoms with Crippen LogP contribution in [-0.2, 0) is 4.79 Å². The van der Waals surface area contributed by atoms with Crippen LogP contribution in [0.25, 0.3) is 16.8 Å². The van der Waals surface area contributed by atoms with Gasteiger partial charge in [0.1, 0.15) is 0 Å². The molecule has 0 unspecified atom stereocenters. The van der Waals surface area contributed by atoms with Crippen molar-refractivity contribution in [3.8, 4) is 0 Å². The van der Waals surface area contributed by atoms with E-state index in [1.807, 2.05) is 12.1 Å². The van der Waals surface area contributed by atoms with E-state index in [4.69, 9.17) is 5.11 Å². The van der Waals surface area contributed by atoms with Crippen LogP contribution in [0.15, 0.2) is 30.5 Å². The highest BCUT2D eigenvalue weighted by atomic mass is 127. The lowest BCUT2D eigenvalue weighted by atomic mass is 10.1. The Morgan fingerprint density at radius 3 is 2.76 bits per heavy atom. The Labute approximate surface area is 125 Å². The Hall–Kier alpha value is -0.700. The Morgan fingerprint density at radius 2 is 2.06 bits per heavy atom. The number of nitrogens with zero attached hydrogens (tertiary/aromatic N) is 1. The van der Waals surface area contributed by atoms with Crippen molar-refractivity contribution < 1.29 is 9.90 Å². The number of carbonyl (C=O) groups is 1. The Morgan fingerprint density at radius 1 is 1.29 bits per heavy atom. The van der Waals surface area contributed by atoms with Crippen molar-refractivity contribution in [1.82, 2.24) is 4.98 Å². The molecule has 5 heteroatoms. The summed E-state index contributed by atoms with van der Waals surface area (Å²) in [6.45, 7) is 0. The predicted octanol–water partition coefficient (Wildman–Crippen LogP) is 3.54. The van der Waals surface area contributed by atoms with E-state index in [1.165, 1.54) is 6.08 Å². The molecule has 1 N–H and O–H groups in total. The van der Waals surface area contributed by atoms with Crippen molar-refractivity contribution >= 4 is 68.0 Å². The van der Waals surface area contributed by atoms with Gasteiger partial charge >= 0.3 is 5.97 Å². The van der Waals surface area contributed by atoms with Crippen molar-refractivity contribution in [3.05, 3.63) is 43.3 Å². The first kappa shape index (κ1) is 12.7. The zero-order valence-corrected chi connectivity index (χ0v) is 12.8. The molecule has 0 bridgehead atoms. The number of aromatic nitrogens is 1. The second-order valence-corrected chi connectivity index (χ2v) is 5.76. The summed E-state index contributed by atoms with van der Waals surface area (Å²) in [5, 5.41) is 10.7. The first-order valence-corrected chi connectivity index (χ1v) is 6.88. The average Bonchev–Trinajstić information content (AvgIpc) is 2.26. The van der Waals surface area contributed by atoms with Gasteiger partial charge < -0.3 is 5.11 Å². The summed E-state index contributed by atoms with van der Waals surface area (Å²) in [5.74, 6) is -0.968. The van der Waals surface area contributed by atoms with Gasteiger partial charge in [-0.3, -0.25) is 4.98 Å². The molecule has 86 valence electrons.